The highest BCUT2D eigenvalue weighted by Gasteiger charge is 2.24. The lowest BCUT2D eigenvalue weighted by Gasteiger charge is -2.12. The van der Waals surface area contributed by atoms with E-state index in [1.807, 2.05) is 0 Å². The number of hydrogen-bond acceptors (Lipinski definition) is 2. The molecule has 0 aromatic heterocycles. The lowest BCUT2D eigenvalue weighted by molar-refractivity contribution is -0.146. The standard InChI is InChI=1S/C16H30O3/c1-12(2)8-5-6-11-15(17)14(16(18)19)10-7-9-13(3)4/h12-14H,5-11H2,1-4H3,(H,18,19). The highest BCUT2D eigenvalue weighted by molar-refractivity contribution is 5.98. The molecule has 0 rings (SSSR count). The van der Waals surface area contributed by atoms with Gasteiger partial charge in [0.1, 0.15) is 11.7 Å². The molecule has 0 aliphatic heterocycles. The van der Waals surface area contributed by atoms with Crippen LogP contribution in [0.4, 0.5) is 0 Å². The summed E-state index contributed by atoms with van der Waals surface area (Å²) in [5.41, 5.74) is 0. The van der Waals surface area contributed by atoms with Crippen LogP contribution in [0.5, 0.6) is 0 Å². The number of carbonyl (C=O) groups excluding carboxylic acids is 1. The van der Waals surface area contributed by atoms with Gasteiger partial charge in [-0.3, -0.25) is 9.59 Å². The maximum Gasteiger partial charge on any atom is 0.314 e. The summed E-state index contributed by atoms with van der Waals surface area (Å²) in [4.78, 5) is 23.1. The largest absolute Gasteiger partial charge is 0.481 e. The van der Waals surface area contributed by atoms with Gasteiger partial charge in [0.15, 0.2) is 0 Å². The van der Waals surface area contributed by atoms with Crippen LogP contribution < -0.4 is 0 Å². The van der Waals surface area contributed by atoms with Crippen LogP contribution in [0.2, 0.25) is 0 Å². The zero-order valence-electron chi connectivity index (χ0n) is 12.9. The predicted molar refractivity (Wildman–Crippen MR) is 78.1 cm³/mol. The van der Waals surface area contributed by atoms with Gasteiger partial charge in [0.05, 0.1) is 0 Å². The van der Waals surface area contributed by atoms with Gasteiger partial charge < -0.3 is 5.11 Å². The van der Waals surface area contributed by atoms with Gasteiger partial charge in [-0.15, -0.1) is 0 Å². The Morgan fingerprint density at radius 2 is 1.37 bits per heavy atom. The smallest absolute Gasteiger partial charge is 0.314 e. The second-order valence-corrected chi connectivity index (χ2v) is 6.32. The molecule has 0 saturated carbocycles. The van der Waals surface area contributed by atoms with Crippen molar-refractivity contribution in [1.29, 1.82) is 0 Å². The minimum Gasteiger partial charge on any atom is -0.481 e. The first-order chi connectivity index (χ1) is 8.84. The van der Waals surface area contributed by atoms with Gasteiger partial charge in [0.25, 0.3) is 0 Å². The SMILES string of the molecule is CC(C)CCCCC(=O)C(CCCC(C)C)C(=O)O. The summed E-state index contributed by atoms with van der Waals surface area (Å²) in [6.07, 6.45) is 5.68. The van der Waals surface area contributed by atoms with Gasteiger partial charge in [0, 0.05) is 6.42 Å². The lowest BCUT2D eigenvalue weighted by Crippen LogP contribution is -2.23. The number of carboxylic acid groups (broad SMARTS) is 1. The zero-order chi connectivity index (χ0) is 14.8. The van der Waals surface area contributed by atoms with Crippen molar-refractivity contribution in [3.63, 3.8) is 0 Å². The lowest BCUT2D eigenvalue weighted by atomic mass is 9.92. The van der Waals surface area contributed by atoms with E-state index in [-0.39, 0.29) is 5.78 Å². The molecule has 1 N–H and O–H groups in total. The highest BCUT2D eigenvalue weighted by atomic mass is 16.4. The first kappa shape index (κ1) is 18.1. The first-order valence-corrected chi connectivity index (χ1v) is 7.60. The molecular formula is C16H30O3. The molecule has 0 amide bonds. The average molecular weight is 270 g/mol. The summed E-state index contributed by atoms with van der Waals surface area (Å²) in [6, 6.07) is 0. The minimum absolute atomic E-state index is 0.0833. The Hall–Kier alpha value is -0.860. The number of carboxylic acids is 1. The number of Topliss-reactive ketones (excluding diaryl/α,β-unsaturated/α-hetero) is 1. The van der Waals surface area contributed by atoms with E-state index >= 15 is 0 Å². The predicted octanol–water partition coefficient (Wildman–Crippen LogP) is 4.30. The third-order valence-electron chi connectivity index (χ3n) is 3.42. The first-order valence-electron chi connectivity index (χ1n) is 7.60. The molecule has 19 heavy (non-hydrogen) atoms. The summed E-state index contributed by atoms with van der Waals surface area (Å²) in [5, 5.41) is 9.13. The molecule has 0 heterocycles. The molecule has 0 aliphatic carbocycles. The van der Waals surface area contributed by atoms with Gasteiger partial charge in [-0.25, -0.2) is 0 Å². The zero-order valence-corrected chi connectivity index (χ0v) is 12.9. The molecule has 0 aromatic rings. The van der Waals surface area contributed by atoms with E-state index in [4.69, 9.17) is 5.11 Å². The molecule has 0 fully saturated rings. The number of ketones is 1. The van der Waals surface area contributed by atoms with Crippen molar-refractivity contribution < 1.29 is 14.7 Å². The van der Waals surface area contributed by atoms with Crippen molar-refractivity contribution in [2.75, 3.05) is 0 Å². The van der Waals surface area contributed by atoms with Crippen LogP contribution >= 0.6 is 0 Å². The van der Waals surface area contributed by atoms with Gasteiger partial charge in [-0.05, 0) is 24.7 Å². The molecule has 0 saturated heterocycles. The summed E-state index contributed by atoms with van der Waals surface area (Å²) >= 11 is 0. The molecule has 0 aliphatic rings. The van der Waals surface area contributed by atoms with Crippen molar-refractivity contribution in [3.05, 3.63) is 0 Å². The quantitative estimate of drug-likeness (QED) is 0.450. The van der Waals surface area contributed by atoms with Crippen LogP contribution in [-0.4, -0.2) is 16.9 Å². The number of rotatable bonds is 11. The fourth-order valence-electron chi connectivity index (χ4n) is 2.18. The Labute approximate surface area is 117 Å². The number of carbonyl (C=O) groups is 2. The van der Waals surface area contributed by atoms with Crippen molar-refractivity contribution in [1.82, 2.24) is 0 Å². The van der Waals surface area contributed by atoms with Crippen molar-refractivity contribution >= 4 is 11.8 Å². The molecule has 1 atom stereocenters. The average Bonchev–Trinajstić information content (AvgIpc) is 2.28. The Kier molecular flexibility index (Phi) is 9.54. The fraction of sp³-hybridized carbons (Fsp3) is 0.875. The number of aliphatic carboxylic acids is 1. The van der Waals surface area contributed by atoms with Gasteiger partial charge >= 0.3 is 5.97 Å². The van der Waals surface area contributed by atoms with E-state index in [0.29, 0.717) is 24.7 Å². The summed E-state index contributed by atoms with van der Waals surface area (Å²) < 4.78 is 0. The molecule has 0 aromatic carbocycles. The van der Waals surface area contributed by atoms with E-state index in [0.717, 1.165) is 32.1 Å². The second kappa shape index (κ2) is 9.99. The summed E-state index contributed by atoms with van der Waals surface area (Å²) in [5.74, 6) is -0.595. The normalized spacial score (nSPS) is 12.9. The molecule has 0 spiro atoms. The molecule has 0 radical (unpaired) electrons. The van der Waals surface area contributed by atoms with Crippen molar-refractivity contribution in [3.8, 4) is 0 Å². The molecule has 3 heteroatoms. The van der Waals surface area contributed by atoms with E-state index in [2.05, 4.69) is 27.7 Å². The Morgan fingerprint density at radius 3 is 1.84 bits per heavy atom. The van der Waals surface area contributed by atoms with Crippen LogP contribution in [0.3, 0.4) is 0 Å². The molecule has 0 bridgehead atoms. The summed E-state index contributed by atoms with van der Waals surface area (Å²) in [6.45, 7) is 8.55. The van der Waals surface area contributed by atoms with E-state index in [9.17, 15) is 9.59 Å². The van der Waals surface area contributed by atoms with Gasteiger partial charge in [-0.1, -0.05) is 53.4 Å². The Balaban J connectivity index is 4.01. The molecule has 3 nitrogen and oxygen atoms in total. The molecule has 1 unspecified atom stereocenters. The minimum atomic E-state index is -0.947. The monoisotopic (exact) mass is 270 g/mol. The van der Waals surface area contributed by atoms with Crippen LogP contribution in [-0.2, 0) is 9.59 Å². The van der Waals surface area contributed by atoms with Crippen LogP contribution in [0.25, 0.3) is 0 Å². The highest BCUT2D eigenvalue weighted by Crippen LogP contribution is 2.17. The Morgan fingerprint density at radius 1 is 0.842 bits per heavy atom. The summed E-state index contributed by atoms with van der Waals surface area (Å²) in [7, 11) is 0. The van der Waals surface area contributed by atoms with Gasteiger partial charge in [-0.2, -0.15) is 0 Å². The maximum atomic E-state index is 11.9. The Bertz CT molecular complexity index is 269. The number of unbranched alkanes of at least 4 members (excludes halogenated alkanes) is 1. The van der Waals surface area contributed by atoms with E-state index in [1.54, 1.807) is 0 Å². The molecular weight excluding hydrogens is 240 g/mol. The van der Waals surface area contributed by atoms with Crippen molar-refractivity contribution in [2.24, 2.45) is 17.8 Å². The second-order valence-electron chi connectivity index (χ2n) is 6.32. The van der Waals surface area contributed by atoms with Crippen molar-refractivity contribution in [2.45, 2.75) is 72.6 Å². The van der Waals surface area contributed by atoms with Crippen LogP contribution in [0, 0.1) is 17.8 Å². The van der Waals surface area contributed by atoms with Crippen LogP contribution in [0.15, 0.2) is 0 Å². The third-order valence-corrected chi connectivity index (χ3v) is 3.42. The molecule has 112 valence electrons. The maximum absolute atomic E-state index is 11.9. The van der Waals surface area contributed by atoms with Crippen LogP contribution in [0.1, 0.15) is 72.6 Å². The van der Waals surface area contributed by atoms with Gasteiger partial charge in [0.2, 0.25) is 0 Å². The number of hydrogen-bond donors (Lipinski definition) is 1. The topological polar surface area (TPSA) is 54.4 Å². The third kappa shape index (κ3) is 9.69. The van der Waals surface area contributed by atoms with E-state index in [1.165, 1.54) is 0 Å². The fourth-order valence-corrected chi connectivity index (χ4v) is 2.18. The van der Waals surface area contributed by atoms with E-state index < -0.39 is 11.9 Å².